The fourth-order valence-corrected chi connectivity index (χ4v) is 7.36. The number of ether oxygens (including phenoxy) is 1. The molecule has 0 saturated carbocycles. The molecule has 1 aromatic heterocycles. The molecule has 198 valence electrons. The van der Waals surface area contributed by atoms with Crippen molar-refractivity contribution >= 4 is 41.1 Å². The van der Waals surface area contributed by atoms with Crippen molar-refractivity contribution in [3.63, 3.8) is 0 Å². The Balaban J connectivity index is 1.44. The quantitative estimate of drug-likeness (QED) is 0.420. The van der Waals surface area contributed by atoms with E-state index in [0.29, 0.717) is 11.4 Å². The number of nitrogens with one attached hydrogen (secondary N) is 1. The molecule has 3 fully saturated rings. The highest BCUT2D eigenvalue weighted by Gasteiger charge is 2.68. The number of phenolic OH excluding ortho intramolecular Hbond substituents is 1. The van der Waals surface area contributed by atoms with Crippen molar-refractivity contribution in [2.24, 2.45) is 0 Å². The number of tetrazole rings is 1. The minimum atomic E-state index is -0.827. The van der Waals surface area contributed by atoms with Gasteiger partial charge in [-0.25, -0.2) is 0 Å². The molecule has 0 bridgehead atoms. The van der Waals surface area contributed by atoms with Gasteiger partial charge in [0.2, 0.25) is 11.8 Å². The van der Waals surface area contributed by atoms with Crippen LogP contribution in [0, 0.1) is 0 Å². The summed E-state index contributed by atoms with van der Waals surface area (Å²) in [6.45, 7) is 10.7. The minimum absolute atomic E-state index is 0.0715. The van der Waals surface area contributed by atoms with Crippen molar-refractivity contribution in [1.29, 1.82) is 0 Å². The first-order valence-electron chi connectivity index (χ1n) is 11.8. The van der Waals surface area contributed by atoms with Crippen molar-refractivity contribution in [1.82, 2.24) is 35.3 Å². The van der Waals surface area contributed by atoms with E-state index >= 15 is 0 Å². The number of nitrogens with zero attached hydrogens (tertiary/aromatic N) is 6. The Labute approximate surface area is 222 Å². The van der Waals surface area contributed by atoms with E-state index in [9.17, 15) is 19.5 Å². The van der Waals surface area contributed by atoms with E-state index < -0.39 is 40.7 Å². The van der Waals surface area contributed by atoms with Gasteiger partial charge in [0.1, 0.15) is 29.2 Å². The van der Waals surface area contributed by atoms with Crippen LogP contribution in [0.2, 0.25) is 5.02 Å². The number of halogens is 1. The lowest BCUT2D eigenvalue weighted by Crippen LogP contribution is -2.71. The molecule has 2 aromatic rings. The molecule has 2 N–H and O–H groups in total. The number of esters is 1. The SMILES string of the molecule is CC(=O)OC(C)n1nnnc1C1N2C(=O)C(N3C(=O)C(c4ccc(O)c(Cl)c4)NC3(C)C)[C@H]2SC1(C)C. The highest BCUT2D eigenvalue weighted by Crippen LogP contribution is 2.59. The molecule has 2 amide bonds. The van der Waals surface area contributed by atoms with Crippen LogP contribution in [-0.2, 0) is 19.1 Å². The Morgan fingerprint density at radius 1 is 1.24 bits per heavy atom. The first kappa shape index (κ1) is 25.7. The standard InChI is InChI=1S/C23H28ClN7O5S/c1-10(36-11(2)32)31-18(26-27-28-31)17-22(3,4)37-21-16(20(35)29(17)21)30-19(34)15(25-23(30,5)6)12-7-8-14(33)13(24)9-12/h7-10,15-17,21,25,33H,1-6H3/t10?,15?,16?,17?,21-/m1/s1. The molecule has 37 heavy (non-hydrogen) atoms. The second kappa shape index (κ2) is 8.57. The van der Waals surface area contributed by atoms with Crippen LogP contribution < -0.4 is 5.32 Å². The number of carbonyl (C=O) groups excluding carboxylic acids is 3. The average Bonchev–Trinajstić information content (AvgIpc) is 3.43. The lowest BCUT2D eigenvalue weighted by molar-refractivity contribution is -0.166. The number of amides is 2. The second-order valence-corrected chi connectivity index (χ2v) is 12.6. The normalized spacial score (nSPS) is 28.7. The number of aromatic nitrogens is 4. The maximum atomic E-state index is 13.7. The van der Waals surface area contributed by atoms with Gasteiger partial charge in [0.15, 0.2) is 12.1 Å². The van der Waals surface area contributed by atoms with Gasteiger partial charge in [-0.2, -0.15) is 4.68 Å². The molecule has 0 aliphatic carbocycles. The summed E-state index contributed by atoms with van der Waals surface area (Å²) in [5, 5.41) is 24.9. The van der Waals surface area contributed by atoms with E-state index in [4.69, 9.17) is 16.3 Å². The van der Waals surface area contributed by atoms with Gasteiger partial charge < -0.3 is 19.6 Å². The van der Waals surface area contributed by atoms with Crippen LogP contribution in [0.25, 0.3) is 0 Å². The maximum absolute atomic E-state index is 13.7. The van der Waals surface area contributed by atoms with Crippen LogP contribution in [0.4, 0.5) is 0 Å². The fraction of sp³-hybridized carbons (Fsp3) is 0.565. The van der Waals surface area contributed by atoms with Gasteiger partial charge in [0, 0.05) is 11.7 Å². The van der Waals surface area contributed by atoms with E-state index in [0.717, 1.165) is 0 Å². The van der Waals surface area contributed by atoms with Crippen molar-refractivity contribution in [3.8, 4) is 5.75 Å². The summed E-state index contributed by atoms with van der Waals surface area (Å²) in [5.41, 5.74) is -0.227. The molecular formula is C23H28ClN7O5S. The van der Waals surface area contributed by atoms with Crippen LogP contribution >= 0.6 is 23.4 Å². The number of aromatic hydroxyl groups is 1. The number of hydrogen-bond donors (Lipinski definition) is 2. The number of carbonyl (C=O) groups is 3. The zero-order chi connectivity index (χ0) is 27.0. The fourth-order valence-electron chi connectivity index (χ4n) is 5.49. The molecule has 3 aliphatic heterocycles. The number of hydrogen-bond acceptors (Lipinski definition) is 10. The summed E-state index contributed by atoms with van der Waals surface area (Å²) >= 11 is 7.66. The van der Waals surface area contributed by atoms with Crippen molar-refractivity contribution < 1.29 is 24.2 Å². The molecule has 12 nitrogen and oxygen atoms in total. The molecule has 1 aromatic carbocycles. The van der Waals surface area contributed by atoms with Crippen LogP contribution in [0.5, 0.6) is 5.75 Å². The molecule has 3 saturated heterocycles. The Hall–Kier alpha value is -2.90. The third-order valence-electron chi connectivity index (χ3n) is 7.02. The van der Waals surface area contributed by atoms with Crippen molar-refractivity contribution in [2.45, 2.75) is 81.7 Å². The molecule has 5 atom stereocenters. The van der Waals surface area contributed by atoms with Gasteiger partial charge in [-0.05, 0) is 62.7 Å². The number of thioether (sulfide) groups is 1. The number of benzene rings is 1. The van der Waals surface area contributed by atoms with Gasteiger partial charge >= 0.3 is 5.97 Å². The zero-order valence-corrected chi connectivity index (χ0v) is 22.7. The van der Waals surface area contributed by atoms with Gasteiger partial charge in [-0.15, -0.1) is 16.9 Å². The highest BCUT2D eigenvalue weighted by molar-refractivity contribution is 8.01. The Morgan fingerprint density at radius 2 is 1.95 bits per heavy atom. The Kier molecular flexibility index (Phi) is 5.96. The largest absolute Gasteiger partial charge is 0.506 e. The van der Waals surface area contributed by atoms with E-state index in [2.05, 4.69) is 20.8 Å². The minimum Gasteiger partial charge on any atom is -0.506 e. The second-order valence-electron chi connectivity index (χ2n) is 10.5. The summed E-state index contributed by atoms with van der Waals surface area (Å²) in [5.74, 6) is -0.603. The predicted molar refractivity (Wildman–Crippen MR) is 133 cm³/mol. The van der Waals surface area contributed by atoms with Crippen LogP contribution in [0.1, 0.15) is 71.2 Å². The average molecular weight is 550 g/mol. The number of β-lactam (4-membered cyclic amide) rings is 1. The third kappa shape index (κ3) is 3.94. The summed E-state index contributed by atoms with van der Waals surface area (Å²) < 4.78 is 6.18. The summed E-state index contributed by atoms with van der Waals surface area (Å²) in [4.78, 5) is 42.3. The molecule has 3 aliphatic rings. The third-order valence-corrected chi connectivity index (χ3v) is 8.88. The number of fused-ring (bicyclic) bond motifs is 1. The summed E-state index contributed by atoms with van der Waals surface area (Å²) in [6, 6.07) is 2.71. The Morgan fingerprint density at radius 3 is 2.59 bits per heavy atom. The topological polar surface area (TPSA) is 143 Å². The monoisotopic (exact) mass is 549 g/mol. The van der Waals surface area contributed by atoms with Gasteiger partial charge in [-0.3, -0.25) is 19.7 Å². The van der Waals surface area contributed by atoms with Gasteiger partial charge in [-0.1, -0.05) is 17.7 Å². The van der Waals surface area contributed by atoms with Crippen LogP contribution in [0.15, 0.2) is 18.2 Å². The molecule has 4 unspecified atom stereocenters. The van der Waals surface area contributed by atoms with Gasteiger partial charge in [0.25, 0.3) is 0 Å². The van der Waals surface area contributed by atoms with Crippen LogP contribution in [-0.4, -0.2) is 74.7 Å². The number of phenols is 1. The van der Waals surface area contributed by atoms with E-state index in [1.807, 2.05) is 27.7 Å². The maximum Gasteiger partial charge on any atom is 0.304 e. The lowest BCUT2D eigenvalue weighted by Gasteiger charge is -2.50. The van der Waals surface area contributed by atoms with E-state index in [1.165, 1.54) is 17.7 Å². The summed E-state index contributed by atoms with van der Waals surface area (Å²) in [7, 11) is 0. The molecule has 4 heterocycles. The van der Waals surface area contributed by atoms with Crippen molar-refractivity contribution in [2.75, 3.05) is 0 Å². The highest BCUT2D eigenvalue weighted by atomic mass is 35.5. The molecule has 5 rings (SSSR count). The van der Waals surface area contributed by atoms with E-state index in [1.54, 1.807) is 40.6 Å². The van der Waals surface area contributed by atoms with E-state index in [-0.39, 0.29) is 28.0 Å². The Bertz CT molecular complexity index is 1300. The van der Waals surface area contributed by atoms with Gasteiger partial charge in [0.05, 0.1) is 10.7 Å². The predicted octanol–water partition coefficient (Wildman–Crippen LogP) is 2.13. The van der Waals surface area contributed by atoms with Crippen LogP contribution in [0.3, 0.4) is 0 Å². The first-order valence-corrected chi connectivity index (χ1v) is 13.0. The smallest absolute Gasteiger partial charge is 0.304 e. The molecule has 0 radical (unpaired) electrons. The lowest BCUT2D eigenvalue weighted by atomic mass is 9.93. The first-order chi connectivity index (χ1) is 17.2. The molecule has 0 spiro atoms. The summed E-state index contributed by atoms with van der Waals surface area (Å²) in [6.07, 6.45) is -0.754. The molecule has 14 heteroatoms. The molecular weight excluding hydrogens is 522 g/mol. The zero-order valence-electron chi connectivity index (χ0n) is 21.2. The van der Waals surface area contributed by atoms with Crippen molar-refractivity contribution in [3.05, 3.63) is 34.6 Å². The number of rotatable bonds is 5.